The Balaban J connectivity index is 1.58. The first-order valence-corrected chi connectivity index (χ1v) is 11.6. The van der Waals surface area contributed by atoms with Gasteiger partial charge in [0.15, 0.2) is 0 Å². The summed E-state index contributed by atoms with van der Waals surface area (Å²) in [5, 5.41) is 10.9. The topological polar surface area (TPSA) is 123 Å². The fourth-order valence-corrected chi connectivity index (χ4v) is 3.63. The molecule has 0 saturated carbocycles. The number of hydrogen-bond acceptors (Lipinski definition) is 8. The van der Waals surface area contributed by atoms with E-state index >= 15 is 0 Å². The van der Waals surface area contributed by atoms with Gasteiger partial charge in [0.1, 0.15) is 5.75 Å². The number of thioether (sulfide) groups is 1. The lowest BCUT2D eigenvalue weighted by atomic mass is 10.2. The molecule has 1 aromatic heterocycles. The van der Waals surface area contributed by atoms with Crippen molar-refractivity contribution in [3.8, 4) is 17.2 Å². The second-order valence-electron chi connectivity index (χ2n) is 6.34. The maximum absolute atomic E-state index is 12.2. The molecule has 2 N–H and O–H groups in total. The molecule has 1 amide bonds. The molecule has 11 heteroatoms. The van der Waals surface area contributed by atoms with Crippen LogP contribution in [0.25, 0.3) is 11.5 Å². The van der Waals surface area contributed by atoms with Gasteiger partial charge >= 0.3 is 0 Å². The zero-order valence-electron chi connectivity index (χ0n) is 16.5. The highest BCUT2D eigenvalue weighted by Gasteiger charge is 2.13. The Bertz CT molecular complexity index is 1140. The van der Waals surface area contributed by atoms with E-state index in [1.165, 1.54) is 0 Å². The lowest BCUT2D eigenvalue weighted by Gasteiger charge is -2.10. The number of anilines is 2. The van der Waals surface area contributed by atoms with Gasteiger partial charge in [0.25, 0.3) is 5.22 Å². The van der Waals surface area contributed by atoms with Gasteiger partial charge < -0.3 is 14.5 Å². The normalized spacial score (nSPS) is 11.2. The molecule has 0 radical (unpaired) electrons. The van der Waals surface area contributed by atoms with Crippen molar-refractivity contribution in [1.82, 2.24) is 10.2 Å². The third-order valence-electron chi connectivity index (χ3n) is 3.89. The minimum atomic E-state index is -3.42. The summed E-state index contributed by atoms with van der Waals surface area (Å²) in [6, 6.07) is 12.1. The quantitative estimate of drug-likeness (QED) is 0.504. The summed E-state index contributed by atoms with van der Waals surface area (Å²) in [6.45, 7) is 1.77. The second-order valence-corrected chi connectivity index (χ2v) is 9.02. The number of sulfonamides is 1. The molecule has 3 rings (SSSR count). The molecule has 0 aliphatic rings. The van der Waals surface area contributed by atoms with Crippen LogP contribution < -0.4 is 14.8 Å². The summed E-state index contributed by atoms with van der Waals surface area (Å²) in [4.78, 5) is 12.2. The van der Waals surface area contributed by atoms with E-state index in [2.05, 4.69) is 20.2 Å². The average Bonchev–Trinajstić information content (AvgIpc) is 3.17. The maximum atomic E-state index is 12.2. The van der Waals surface area contributed by atoms with Gasteiger partial charge in [0, 0.05) is 11.3 Å². The SMILES string of the molecule is COc1ccc(-c2nnc(SCC(=O)Nc3ccc(C)c(NS(C)(=O)=O)c3)o2)cc1. The third kappa shape index (κ3) is 5.97. The molecule has 0 bridgehead atoms. The summed E-state index contributed by atoms with van der Waals surface area (Å²) in [5.41, 5.74) is 2.36. The van der Waals surface area contributed by atoms with Crippen molar-refractivity contribution in [3.63, 3.8) is 0 Å². The third-order valence-corrected chi connectivity index (χ3v) is 5.30. The van der Waals surface area contributed by atoms with E-state index in [0.717, 1.165) is 34.9 Å². The van der Waals surface area contributed by atoms with Gasteiger partial charge in [-0.2, -0.15) is 0 Å². The van der Waals surface area contributed by atoms with Crippen LogP contribution in [-0.4, -0.2) is 43.6 Å². The minimum Gasteiger partial charge on any atom is -0.497 e. The number of carbonyl (C=O) groups excluding carboxylic acids is 1. The smallest absolute Gasteiger partial charge is 0.277 e. The Labute approximate surface area is 178 Å². The Kier molecular flexibility index (Phi) is 6.63. The number of carbonyl (C=O) groups is 1. The Morgan fingerprint density at radius 2 is 1.90 bits per heavy atom. The van der Waals surface area contributed by atoms with Gasteiger partial charge in [0.2, 0.25) is 21.8 Å². The molecule has 2 aromatic carbocycles. The molecular formula is C19H20N4O5S2. The second kappa shape index (κ2) is 9.18. The number of aryl methyl sites for hydroxylation is 1. The molecule has 3 aromatic rings. The standard InChI is InChI=1S/C19H20N4O5S2/c1-12-4-7-14(10-16(12)23-30(3,25)26)20-17(24)11-29-19-22-21-18(28-19)13-5-8-15(27-2)9-6-13/h4-10,23H,11H2,1-3H3,(H,20,24). The van der Waals surface area contributed by atoms with Crippen LogP contribution in [0, 0.1) is 6.92 Å². The van der Waals surface area contributed by atoms with Crippen LogP contribution >= 0.6 is 11.8 Å². The van der Waals surface area contributed by atoms with Crippen molar-refractivity contribution in [2.45, 2.75) is 12.1 Å². The minimum absolute atomic E-state index is 0.0486. The van der Waals surface area contributed by atoms with E-state index in [1.54, 1.807) is 56.5 Å². The van der Waals surface area contributed by atoms with Crippen LogP contribution in [0.2, 0.25) is 0 Å². The van der Waals surface area contributed by atoms with Crippen LogP contribution in [0.4, 0.5) is 11.4 Å². The van der Waals surface area contributed by atoms with Crippen LogP contribution in [0.3, 0.4) is 0 Å². The summed E-state index contributed by atoms with van der Waals surface area (Å²) in [7, 11) is -1.83. The molecular weight excluding hydrogens is 428 g/mol. The molecule has 1 heterocycles. The molecule has 0 fully saturated rings. The zero-order chi connectivity index (χ0) is 21.7. The average molecular weight is 449 g/mol. The molecule has 0 aliphatic heterocycles. The van der Waals surface area contributed by atoms with E-state index < -0.39 is 10.0 Å². The number of benzene rings is 2. The predicted molar refractivity (Wildman–Crippen MR) is 115 cm³/mol. The molecule has 0 unspecified atom stereocenters. The molecule has 30 heavy (non-hydrogen) atoms. The summed E-state index contributed by atoms with van der Waals surface area (Å²) >= 11 is 1.10. The molecule has 0 spiro atoms. The lowest BCUT2D eigenvalue weighted by Crippen LogP contribution is -2.15. The van der Waals surface area contributed by atoms with Crippen molar-refractivity contribution < 1.29 is 22.4 Å². The molecule has 9 nitrogen and oxygen atoms in total. The van der Waals surface area contributed by atoms with Crippen molar-refractivity contribution in [3.05, 3.63) is 48.0 Å². The van der Waals surface area contributed by atoms with Crippen molar-refractivity contribution >= 4 is 39.1 Å². The first kappa shape index (κ1) is 21.7. The van der Waals surface area contributed by atoms with Gasteiger partial charge in [-0.15, -0.1) is 10.2 Å². The summed E-state index contributed by atoms with van der Waals surface area (Å²) < 4.78 is 36.0. The van der Waals surface area contributed by atoms with E-state index in [4.69, 9.17) is 9.15 Å². The number of rotatable bonds is 8. The number of aromatic nitrogens is 2. The Hall–Kier alpha value is -3.05. The van der Waals surface area contributed by atoms with Crippen LogP contribution in [0.1, 0.15) is 5.56 Å². The van der Waals surface area contributed by atoms with E-state index in [0.29, 0.717) is 17.3 Å². The summed E-state index contributed by atoms with van der Waals surface area (Å²) in [6.07, 6.45) is 1.07. The molecule has 0 saturated heterocycles. The number of nitrogens with zero attached hydrogens (tertiary/aromatic N) is 2. The van der Waals surface area contributed by atoms with Gasteiger partial charge in [-0.25, -0.2) is 8.42 Å². The largest absolute Gasteiger partial charge is 0.497 e. The number of nitrogens with one attached hydrogen (secondary N) is 2. The highest BCUT2D eigenvalue weighted by atomic mass is 32.2. The fraction of sp³-hybridized carbons (Fsp3) is 0.211. The number of ether oxygens (including phenoxy) is 1. The fourth-order valence-electron chi connectivity index (χ4n) is 2.45. The van der Waals surface area contributed by atoms with Crippen molar-refractivity contribution in [2.75, 3.05) is 29.2 Å². The van der Waals surface area contributed by atoms with E-state index in [1.807, 2.05) is 0 Å². The lowest BCUT2D eigenvalue weighted by molar-refractivity contribution is -0.113. The van der Waals surface area contributed by atoms with E-state index in [9.17, 15) is 13.2 Å². The van der Waals surface area contributed by atoms with Crippen LogP contribution in [-0.2, 0) is 14.8 Å². The number of amides is 1. The van der Waals surface area contributed by atoms with Gasteiger partial charge in [-0.1, -0.05) is 17.8 Å². The molecule has 0 atom stereocenters. The van der Waals surface area contributed by atoms with Crippen molar-refractivity contribution in [1.29, 1.82) is 0 Å². The monoisotopic (exact) mass is 448 g/mol. The van der Waals surface area contributed by atoms with Crippen LogP contribution in [0.15, 0.2) is 52.1 Å². The number of methoxy groups -OCH3 is 1. The van der Waals surface area contributed by atoms with E-state index in [-0.39, 0.29) is 16.9 Å². The van der Waals surface area contributed by atoms with Gasteiger partial charge in [-0.3, -0.25) is 9.52 Å². The first-order valence-electron chi connectivity index (χ1n) is 8.72. The number of hydrogen-bond donors (Lipinski definition) is 2. The summed E-state index contributed by atoms with van der Waals surface area (Å²) in [5.74, 6) is 0.817. The van der Waals surface area contributed by atoms with Crippen molar-refractivity contribution in [2.24, 2.45) is 0 Å². The maximum Gasteiger partial charge on any atom is 0.277 e. The highest BCUT2D eigenvalue weighted by Crippen LogP contribution is 2.25. The molecule has 158 valence electrons. The first-order chi connectivity index (χ1) is 14.2. The Morgan fingerprint density at radius 3 is 2.57 bits per heavy atom. The van der Waals surface area contributed by atoms with Gasteiger partial charge in [-0.05, 0) is 48.9 Å². The molecule has 0 aliphatic carbocycles. The zero-order valence-corrected chi connectivity index (χ0v) is 18.1. The highest BCUT2D eigenvalue weighted by molar-refractivity contribution is 7.99. The predicted octanol–water partition coefficient (Wildman–Crippen LogP) is 3.16. The Morgan fingerprint density at radius 1 is 1.17 bits per heavy atom. The van der Waals surface area contributed by atoms with Crippen LogP contribution in [0.5, 0.6) is 5.75 Å². The van der Waals surface area contributed by atoms with Gasteiger partial charge in [0.05, 0.1) is 24.8 Å².